The van der Waals surface area contributed by atoms with Gasteiger partial charge in [0.1, 0.15) is 17.6 Å². The highest BCUT2D eigenvalue weighted by atomic mass is 16.5. The number of ether oxygens (including phenoxy) is 2. The van der Waals surface area contributed by atoms with Crippen LogP contribution < -0.4 is 14.8 Å². The summed E-state index contributed by atoms with van der Waals surface area (Å²) in [5, 5.41) is 11.8. The van der Waals surface area contributed by atoms with Crippen LogP contribution in [0.4, 0.5) is 5.69 Å². The number of para-hydroxylation sites is 1. The molecule has 1 amide bonds. The van der Waals surface area contributed by atoms with E-state index in [1.54, 1.807) is 24.3 Å². The van der Waals surface area contributed by atoms with Crippen molar-refractivity contribution in [3.63, 3.8) is 0 Å². The van der Waals surface area contributed by atoms with Crippen molar-refractivity contribution in [3.05, 3.63) is 88.5 Å². The fraction of sp³-hybridized carbons (Fsp3) is 0.355. The summed E-state index contributed by atoms with van der Waals surface area (Å²) in [6.45, 7) is 10.6. The van der Waals surface area contributed by atoms with E-state index in [-0.39, 0.29) is 25.0 Å². The molecule has 0 heterocycles. The van der Waals surface area contributed by atoms with Crippen molar-refractivity contribution in [3.8, 4) is 11.5 Å². The van der Waals surface area contributed by atoms with Crippen molar-refractivity contribution in [1.29, 1.82) is 0 Å². The molecule has 2 N–H and O–H groups in total. The first-order valence-electron chi connectivity index (χ1n) is 12.8. The van der Waals surface area contributed by atoms with Crippen molar-refractivity contribution >= 4 is 17.6 Å². The standard InChI is InChI=1S/C31H37NO5/c1-20(2)17-24-12-14-25(15-13-24)23(5)37-26-18-21(3)30(22(4)19-26)32-31(35)27-9-6-7-10-28(27)36-16-8-11-29(33)34/h6-7,9-10,12-15,18-20,23H,8,11,16-17H2,1-5H3,(H,32,35)(H,33,34). The summed E-state index contributed by atoms with van der Waals surface area (Å²) in [4.78, 5) is 23.8. The summed E-state index contributed by atoms with van der Waals surface area (Å²) >= 11 is 0. The number of aliphatic carboxylic acids is 1. The van der Waals surface area contributed by atoms with E-state index in [1.807, 2.05) is 32.9 Å². The van der Waals surface area contributed by atoms with Gasteiger partial charge < -0.3 is 19.9 Å². The van der Waals surface area contributed by atoms with Crippen LogP contribution >= 0.6 is 0 Å². The predicted molar refractivity (Wildman–Crippen MR) is 147 cm³/mol. The normalized spacial score (nSPS) is 11.7. The molecule has 37 heavy (non-hydrogen) atoms. The molecule has 0 aliphatic rings. The SMILES string of the molecule is Cc1cc(OC(C)c2ccc(CC(C)C)cc2)cc(C)c1NC(=O)c1ccccc1OCCCC(=O)O. The predicted octanol–water partition coefficient (Wildman–Crippen LogP) is 7.14. The highest BCUT2D eigenvalue weighted by molar-refractivity contribution is 6.07. The Kier molecular flexibility index (Phi) is 9.72. The molecule has 1 unspecified atom stereocenters. The zero-order valence-electron chi connectivity index (χ0n) is 22.3. The Bertz CT molecular complexity index is 1190. The molecule has 0 saturated carbocycles. The molecular formula is C31H37NO5. The van der Waals surface area contributed by atoms with Crippen LogP contribution in [0.3, 0.4) is 0 Å². The summed E-state index contributed by atoms with van der Waals surface area (Å²) in [7, 11) is 0. The van der Waals surface area contributed by atoms with E-state index in [2.05, 4.69) is 43.4 Å². The molecule has 6 heteroatoms. The first-order chi connectivity index (χ1) is 17.6. The Balaban J connectivity index is 1.68. The monoisotopic (exact) mass is 503 g/mol. The van der Waals surface area contributed by atoms with Crippen LogP contribution in [0.25, 0.3) is 0 Å². The fourth-order valence-electron chi connectivity index (χ4n) is 4.22. The average Bonchev–Trinajstić information content (AvgIpc) is 2.84. The van der Waals surface area contributed by atoms with Crippen LogP contribution in [0, 0.1) is 19.8 Å². The van der Waals surface area contributed by atoms with E-state index in [0.717, 1.165) is 34.5 Å². The van der Waals surface area contributed by atoms with Crippen LogP contribution in [0.5, 0.6) is 11.5 Å². The molecule has 1 atom stereocenters. The Hall–Kier alpha value is -3.80. The maximum Gasteiger partial charge on any atom is 0.303 e. The minimum absolute atomic E-state index is 0.0171. The molecule has 0 spiro atoms. The second kappa shape index (κ2) is 12.9. The molecule has 0 aliphatic carbocycles. The number of aryl methyl sites for hydroxylation is 2. The molecule has 196 valence electrons. The number of rotatable bonds is 12. The van der Waals surface area contributed by atoms with Gasteiger partial charge in [0.15, 0.2) is 0 Å². The minimum Gasteiger partial charge on any atom is -0.493 e. The van der Waals surface area contributed by atoms with Gasteiger partial charge in [-0.2, -0.15) is 0 Å². The maximum absolute atomic E-state index is 13.1. The molecule has 0 radical (unpaired) electrons. The molecule has 3 rings (SSSR count). The lowest BCUT2D eigenvalue weighted by Gasteiger charge is -2.19. The van der Waals surface area contributed by atoms with Gasteiger partial charge in [-0.3, -0.25) is 9.59 Å². The number of carbonyl (C=O) groups excluding carboxylic acids is 1. The number of anilines is 1. The van der Waals surface area contributed by atoms with Crippen molar-refractivity contribution in [2.45, 2.75) is 60.0 Å². The lowest BCUT2D eigenvalue weighted by atomic mass is 10.0. The molecule has 0 aliphatic heterocycles. The summed E-state index contributed by atoms with van der Waals surface area (Å²) in [6.07, 6.45) is 1.33. The zero-order valence-corrected chi connectivity index (χ0v) is 22.3. The van der Waals surface area contributed by atoms with Crippen molar-refractivity contribution in [2.75, 3.05) is 11.9 Å². The first-order valence-corrected chi connectivity index (χ1v) is 12.8. The lowest BCUT2D eigenvalue weighted by molar-refractivity contribution is -0.137. The van der Waals surface area contributed by atoms with Gasteiger partial charge in [0.2, 0.25) is 0 Å². The summed E-state index contributed by atoms with van der Waals surface area (Å²) in [6, 6.07) is 19.4. The van der Waals surface area contributed by atoms with Gasteiger partial charge in [-0.05, 0) is 86.1 Å². The largest absolute Gasteiger partial charge is 0.493 e. The van der Waals surface area contributed by atoms with E-state index >= 15 is 0 Å². The molecule has 0 saturated heterocycles. The van der Waals surface area contributed by atoms with Gasteiger partial charge in [0, 0.05) is 12.1 Å². The van der Waals surface area contributed by atoms with Gasteiger partial charge in [0.25, 0.3) is 5.91 Å². The third-order valence-corrected chi connectivity index (χ3v) is 6.07. The highest BCUT2D eigenvalue weighted by Crippen LogP contribution is 2.31. The lowest BCUT2D eigenvalue weighted by Crippen LogP contribution is -2.16. The molecule has 0 bridgehead atoms. The van der Waals surface area contributed by atoms with Crippen LogP contribution in [0.15, 0.2) is 60.7 Å². The van der Waals surface area contributed by atoms with E-state index < -0.39 is 5.97 Å². The Morgan fingerprint density at radius 3 is 2.22 bits per heavy atom. The number of hydrogen-bond acceptors (Lipinski definition) is 4. The fourth-order valence-corrected chi connectivity index (χ4v) is 4.22. The number of hydrogen-bond donors (Lipinski definition) is 2. The minimum atomic E-state index is -0.873. The number of carboxylic acids is 1. The first kappa shape index (κ1) is 27.8. The maximum atomic E-state index is 13.1. The third-order valence-electron chi connectivity index (χ3n) is 6.07. The van der Waals surface area contributed by atoms with Gasteiger partial charge in [0.05, 0.1) is 12.2 Å². The van der Waals surface area contributed by atoms with Gasteiger partial charge in [-0.25, -0.2) is 0 Å². The second-order valence-electron chi connectivity index (χ2n) is 9.83. The topological polar surface area (TPSA) is 84.9 Å². The van der Waals surface area contributed by atoms with Crippen LogP contribution in [0.2, 0.25) is 0 Å². The number of benzene rings is 3. The zero-order chi connectivity index (χ0) is 26.9. The Labute approximate surface area is 219 Å². The van der Waals surface area contributed by atoms with Gasteiger partial charge in [-0.1, -0.05) is 50.2 Å². The molecule has 0 aromatic heterocycles. The van der Waals surface area contributed by atoms with Gasteiger partial charge in [-0.15, -0.1) is 0 Å². The second-order valence-corrected chi connectivity index (χ2v) is 9.83. The van der Waals surface area contributed by atoms with E-state index in [1.165, 1.54) is 5.56 Å². The summed E-state index contributed by atoms with van der Waals surface area (Å²) in [5.41, 5.74) is 5.34. The van der Waals surface area contributed by atoms with Crippen LogP contribution in [0.1, 0.15) is 72.3 Å². The number of amides is 1. The molecule has 3 aromatic carbocycles. The van der Waals surface area contributed by atoms with E-state index in [4.69, 9.17) is 14.6 Å². The van der Waals surface area contributed by atoms with Crippen molar-refractivity contribution in [1.82, 2.24) is 0 Å². The third kappa shape index (κ3) is 8.10. The number of carbonyl (C=O) groups is 2. The summed E-state index contributed by atoms with van der Waals surface area (Å²) < 4.78 is 11.9. The van der Waals surface area contributed by atoms with Gasteiger partial charge >= 0.3 is 5.97 Å². The molecule has 3 aromatic rings. The quantitative estimate of drug-likeness (QED) is 0.257. The number of nitrogens with one attached hydrogen (secondary N) is 1. The molecule has 6 nitrogen and oxygen atoms in total. The van der Waals surface area contributed by atoms with E-state index in [0.29, 0.717) is 23.7 Å². The average molecular weight is 504 g/mol. The molecular weight excluding hydrogens is 466 g/mol. The summed E-state index contributed by atoms with van der Waals surface area (Å²) in [5.74, 6) is 0.627. The Morgan fingerprint density at radius 2 is 1.59 bits per heavy atom. The van der Waals surface area contributed by atoms with E-state index in [9.17, 15) is 9.59 Å². The van der Waals surface area contributed by atoms with Crippen LogP contribution in [-0.2, 0) is 11.2 Å². The Morgan fingerprint density at radius 1 is 0.946 bits per heavy atom. The van der Waals surface area contributed by atoms with Crippen LogP contribution in [-0.4, -0.2) is 23.6 Å². The highest BCUT2D eigenvalue weighted by Gasteiger charge is 2.16. The smallest absolute Gasteiger partial charge is 0.303 e. The van der Waals surface area contributed by atoms with Crippen molar-refractivity contribution < 1.29 is 24.2 Å². The van der Waals surface area contributed by atoms with Crippen molar-refractivity contribution in [2.24, 2.45) is 5.92 Å². The number of carboxylic acid groups (broad SMARTS) is 1. The molecule has 0 fully saturated rings.